The SMILES string of the molecule is CC(C)(N)Cc1nc(-c2ccccc2)no1.Cn1ncc(C(=O)N2CCC2)c1C(=O)NCCc1csc(-c2ncccn2)n1. The van der Waals surface area contributed by atoms with Gasteiger partial charge in [-0.05, 0) is 26.3 Å². The van der Waals surface area contributed by atoms with Crippen molar-refractivity contribution >= 4 is 23.2 Å². The van der Waals surface area contributed by atoms with E-state index in [9.17, 15) is 9.59 Å². The molecule has 0 aliphatic carbocycles. The Kier molecular flexibility index (Phi) is 9.50. The van der Waals surface area contributed by atoms with Gasteiger partial charge in [-0.1, -0.05) is 35.5 Å². The average Bonchev–Trinajstić information content (AvgIpc) is 3.73. The number of hydrogen-bond donors (Lipinski definition) is 2. The normalized spacial score (nSPS) is 12.7. The summed E-state index contributed by atoms with van der Waals surface area (Å²) in [5, 5.41) is 13.5. The van der Waals surface area contributed by atoms with Gasteiger partial charge in [0.2, 0.25) is 11.7 Å². The van der Waals surface area contributed by atoms with E-state index in [0.717, 1.165) is 35.8 Å². The van der Waals surface area contributed by atoms with Crippen LogP contribution >= 0.6 is 11.3 Å². The molecule has 0 bridgehead atoms. The molecule has 4 aromatic heterocycles. The Hall–Kier alpha value is -4.82. The lowest BCUT2D eigenvalue weighted by Gasteiger charge is -2.30. The monoisotopic (exact) mass is 614 g/mol. The standard InChI is InChI=1S/C18H19N7O2S.C12H15N3O/c1-24-14(13(10-22-24)18(27)25-8-3-9-25)16(26)21-7-4-12-11-28-17(23-12)15-19-5-2-6-20-15;1-12(2,13)8-10-14-11(15-16-10)9-6-4-3-5-7-9/h2,5-6,10-11H,3-4,7-9H2,1H3,(H,21,26);3-7H,8,13H2,1-2H3. The number of carbonyl (C=O) groups is 2. The number of thiazole rings is 1. The molecule has 1 aliphatic rings. The van der Waals surface area contributed by atoms with Gasteiger partial charge in [0.05, 0.1) is 17.5 Å². The van der Waals surface area contributed by atoms with Gasteiger partial charge in [0.15, 0.2) is 10.8 Å². The molecule has 5 aromatic rings. The molecule has 0 radical (unpaired) electrons. The summed E-state index contributed by atoms with van der Waals surface area (Å²) in [6, 6.07) is 11.5. The van der Waals surface area contributed by atoms with E-state index < -0.39 is 0 Å². The fraction of sp³-hybridized carbons (Fsp3) is 0.333. The zero-order chi connectivity index (χ0) is 31.1. The van der Waals surface area contributed by atoms with Gasteiger partial charge in [-0.2, -0.15) is 10.1 Å². The zero-order valence-electron chi connectivity index (χ0n) is 24.8. The minimum Gasteiger partial charge on any atom is -0.350 e. The van der Waals surface area contributed by atoms with Crippen molar-refractivity contribution in [2.75, 3.05) is 19.6 Å². The number of nitrogens with zero attached hydrogens (tertiary/aromatic N) is 8. The lowest BCUT2D eigenvalue weighted by Crippen LogP contribution is -2.43. The molecular weight excluding hydrogens is 580 g/mol. The van der Waals surface area contributed by atoms with Crippen LogP contribution in [0.15, 0.2) is 64.9 Å². The first-order valence-electron chi connectivity index (χ1n) is 14.2. The van der Waals surface area contributed by atoms with Gasteiger partial charge in [0.1, 0.15) is 5.69 Å². The van der Waals surface area contributed by atoms with Crippen LogP contribution in [-0.2, 0) is 19.9 Å². The van der Waals surface area contributed by atoms with Crippen molar-refractivity contribution in [1.82, 2.24) is 45.1 Å². The maximum absolute atomic E-state index is 12.6. The van der Waals surface area contributed by atoms with Gasteiger partial charge in [0.25, 0.3) is 11.8 Å². The minimum absolute atomic E-state index is 0.142. The minimum atomic E-state index is -0.333. The van der Waals surface area contributed by atoms with E-state index in [4.69, 9.17) is 10.3 Å². The summed E-state index contributed by atoms with van der Waals surface area (Å²) in [6.07, 6.45) is 6.96. The first kappa shape index (κ1) is 30.6. The number of likely N-dealkylation sites (tertiary alicyclic amines) is 1. The van der Waals surface area contributed by atoms with Gasteiger partial charge in [-0.25, -0.2) is 15.0 Å². The van der Waals surface area contributed by atoms with Crippen molar-refractivity contribution in [3.63, 3.8) is 0 Å². The molecule has 5 heterocycles. The molecule has 2 amide bonds. The molecule has 1 fully saturated rings. The number of benzene rings is 1. The van der Waals surface area contributed by atoms with Crippen LogP contribution in [0, 0.1) is 0 Å². The van der Waals surface area contributed by atoms with Crippen LogP contribution in [0.2, 0.25) is 0 Å². The number of aromatic nitrogens is 7. The first-order chi connectivity index (χ1) is 21.2. The van der Waals surface area contributed by atoms with Crippen molar-refractivity contribution in [3.8, 4) is 22.2 Å². The van der Waals surface area contributed by atoms with Crippen LogP contribution in [0.5, 0.6) is 0 Å². The number of carbonyl (C=O) groups excluding carboxylic acids is 2. The number of nitrogens with two attached hydrogens (primary N) is 1. The van der Waals surface area contributed by atoms with Gasteiger partial charge >= 0.3 is 0 Å². The highest BCUT2D eigenvalue weighted by Gasteiger charge is 2.28. The molecule has 0 atom stereocenters. The van der Waals surface area contributed by atoms with Crippen LogP contribution in [0.4, 0.5) is 0 Å². The van der Waals surface area contributed by atoms with Gasteiger partial charge in [0, 0.05) is 68.4 Å². The lowest BCUT2D eigenvalue weighted by atomic mass is 10.0. The summed E-state index contributed by atoms with van der Waals surface area (Å²) in [5.41, 5.74) is 7.99. The average molecular weight is 615 g/mol. The Morgan fingerprint density at radius 1 is 1.07 bits per heavy atom. The summed E-state index contributed by atoms with van der Waals surface area (Å²) >= 11 is 1.47. The van der Waals surface area contributed by atoms with E-state index in [1.807, 2.05) is 49.6 Å². The summed E-state index contributed by atoms with van der Waals surface area (Å²) < 4.78 is 6.59. The van der Waals surface area contributed by atoms with Gasteiger partial charge in [-0.3, -0.25) is 14.3 Å². The third kappa shape index (κ3) is 7.76. The Bertz CT molecular complexity index is 1690. The molecule has 6 rings (SSSR count). The number of rotatable bonds is 9. The van der Waals surface area contributed by atoms with Crippen LogP contribution in [0.1, 0.15) is 52.7 Å². The van der Waals surface area contributed by atoms with Crippen molar-refractivity contribution in [1.29, 1.82) is 0 Å². The summed E-state index contributed by atoms with van der Waals surface area (Å²) in [6.45, 7) is 5.72. The molecule has 0 spiro atoms. The predicted octanol–water partition coefficient (Wildman–Crippen LogP) is 3.17. The third-order valence-electron chi connectivity index (χ3n) is 6.61. The molecule has 228 valence electrons. The second-order valence-corrected chi connectivity index (χ2v) is 11.8. The highest BCUT2D eigenvalue weighted by Crippen LogP contribution is 2.20. The molecule has 13 nitrogen and oxygen atoms in total. The van der Waals surface area contributed by atoms with E-state index in [-0.39, 0.29) is 23.0 Å². The number of aryl methyl sites for hydroxylation is 1. The first-order valence-corrected chi connectivity index (χ1v) is 15.0. The second kappa shape index (κ2) is 13.7. The summed E-state index contributed by atoms with van der Waals surface area (Å²) in [7, 11) is 1.66. The fourth-order valence-corrected chi connectivity index (χ4v) is 5.09. The maximum atomic E-state index is 12.6. The van der Waals surface area contributed by atoms with Gasteiger partial charge < -0.3 is 20.5 Å². The molecule has 0 saturated carbocycles. The molecule has 3 N–H and O–H groups in total. The summed E-state index contributed by atoms with van der Waals surface area (Å²) in [4.78, 5) is 44.0. The maximum Gasteiger partial charge on any atom is 0.270 e. The van der Waals surface area contributed by atoms with E-state index in [1.54, 1.807) is 30.4 Å². The molecule has 1 aromatic carbocycles. The number of hydrogen-bond acceptors (Lipinski definition) is 11. The van der Waals surface area contributed by atoms with Crippen LogP contribution in [-0.4, -0.2) is 76.8 Å². The van der Waals surface area contributed by atoms with Gasteiger partial charge in [-0.15, -0.1) is 11.3 Å². The van der Waals surface area contributed by atoms with Crippen molar-refractivity contribution in [3.05, 3.63) is 83.2 Å². The predicted molar refractivity (Wildman–Crippen MR) is 165 cm³/mol. The second-order valence-electron chi connectivity index (χ2n) is 10.9. The molecule has 44 heavy (non-hydrogen) atoms. The zero-order valence-corrected chi connectivity index (χ0v) is 25.6. The van der Waals surface area contributed by atoms with Crippen molar-refractivity contribution < 1.29 is 14.1 Å². The fourth-order valence-electron chi connectivity index (χ4n) is 4.30. The van der Waals surface area contributed by atoms with Crippen molar-refractivity contribution in [2.24, 2.45) is 12.8 Å². The molecule has 14 heteroatoms. The quantitative estimate of drug-likeness (QED) is 0.251. The van der Waals surface area contributed by atoms with Crippen molar-refractivity contribution in [2.45, 2.75) is 38.6 Å². The third-order valence-corrected chi connectivity index (χ3v) is 7.50. The largest absolute Gasteiger partial charge is 0.350 e. The highest BCUT2D eigenvalue weighted by molar-refractivity contribution is 7.13. The molecule has 1 saturated heterocycles. The Morgan fingerprint density at radius 2 is 1.82 bits per heavy atom. The van der Waals surface area contributed by atoms with Crippen LogP contribution < -0.4 is 11.1 Å². The Morgan fingerprint density at radius 3 is 2.50 bits per heavy atom. The van der Waals surface area contributed by atoms with E-state index in [2.05, 4.69) is 35.5 Å². The van der Waals surface area contributed by atoms with E-state index in [1.165, 1.54) is 22.2 Å². The van der Waals surface area contributed by atoms with E-state index >= 15 is 0 Å². The Balaban J connectivity index is 0.000000204. The number of amides is 2. The molecule has 1 aliphatic heterocycles. The lowest BCUT2D eigenvalue weighted by molar-refractivity contribution is 0.0647. The summed E-state index contributed by atoms with van der Waals surface area (Å²) in [5.74, 6) is 1.32. The van der Waals surface area contributed by atoms with Crippen LogP contribution in [0.25, 0.3) is 22.2 Å². The number of nitrogens with one attached hydrogen (secondary N) is 1. The molecule has 0 unspecified atom stereocenters. The smallest absolute Gasteiger partial charge is 0.270 e. The van der Waals surface area contributed by atoms with E-state index in [0.29, 0.717) is 42.5 Å². The highest BCUT2D eigenvalue weighted by atomic mass is 32.1. The van der Waals surface area contributed by atoms with Crippen LogP contribution in [0.3, 0.4) is 0 Å². The Labute approximate surface area is 258 Å². The molecular formula is C30H34N10O3S. The topological polar surface area (TPSA) is 171 Å².